The standard InChI is InChI=1S/C20H15NO2S/c22-24(23,18-9-5-2-6-10-18)19-11-12-20-16(15-19)13-14-21(20)17-7-3-1-4-8-17/h1-15H. The third kappa shape index (κ3) is 2.41. The van der Waals surface area contributed by atoms with Crippen LogP contribution in [0.3, 0.4) is 0 Å². The fraction of sp³-hybridized carbons (Fsp3) is 0. The van der Waals surface area contributed by atoms with Crippen molar-refractivity contribution in [3.05, 3.63) is 91.1 Å². The molecule has 0 saturated carbocycles. The topological polar surface area (TPSA) is 39.1 Å². The highest BCUT2D eigenvalue weighted by atomic mass is 32.2. The van der Waals surface area contributed by atoms with Crippen LogP contribution in [0, 0.1) is 0 Å². The number of hydrogen-bond acceptors (Lipinski definition) is 2. The summed E-state index contributed by atoms with van der Waals surface area (Å²) in [5.74, 6) is 0. The number of nitrogens with zero attached hydrogens (tertiary/aromatic N) is 1. The van der Waals surface area contributed by atoms with E-state index in [-0.39, 0.29) is 0 Å². The van der Waals surface area contributed by atoms with E-state index in [1.54, 1.807) is 36.4 Å². The van der Waals surface area contributed by atoms with Crippen LogP contribution in [0.1, 0.15) is 0 Å². The fourth-order valence-electron chi connectivity index (χ4n) is 2.84. The van der Waals surface area contributed by atoms with E-state index in [2.05, 4.69) is 0 Å². The molecule has 0 atom stereocenters. The molecule has 4 heteroatoms. The second-order valence-electron chi connectivity index (χ2n) is 5.56. The first-order valence-electron chi connectivity index (χ1n) is 7.63. The lowest BCUT2D eigenvalue weighted by atomic mass is 10.2. The molecule has 4 aromatic rings. The van der Waals surface area contributed by atoms with Gasteiger partial charge in [0.1, 0.15) is 0 Å². The molecule has 0 radical (unpaired) electrons. The fourth-order valence-corrected chi connectivity index (χ4v) is 4.15. The molecule has 0 bridgehead atoms. The molecule has 1 aromatic heterocycles. The summed E-state index contributed by atoms with van der Waals surface area (Å²) in [6, 6.07) is 25.7. The summed E-state index contributed by atoms with van der Waals surface area (Å²) < 4.78 is 27.5. The zero-order valence-corrected chi connectivity index (χ0v) is 13.6. The Morgan fingerprint density at radius 2 is 1.33 bits per heavy atom. The monoisotopic (exact) mass is 333 g/mol. The van der Waals surface area contributed by atoms with E-state index < -0.39 is 9.84 Å². The van der Waals surface area contributed by atoms with Crippen molar-refractivity contribution in [1.29, 1.82) is 0 Å². The maximum absolute atomic E-state index is 12.7. The summed E-state index contributed by atoms with van der Waals surface area (Å²) in [6.07, 6.45) is 1.96. The van der Waals surface area contributed by atoms with Gasteiger partial charge in [0.05, 0.1) is 15.3 Å². The number of rotatable bonds is 3. The van der Waals surface area contributed by atoms with Gasteiger partial charge in [0, 0.05) is 17.3 Å². The van der Waals surface area contributed by atoms with Gasteiger partial charge in [0.25, 0.3) is 0 Å². The highest BCUT2D eigenvalue weighted by Crippen LogP contribution is 2.26. The molecule has 3 nitrogen and oxygen atoms in total. The Kier molecular flexibility index (Phi) is 3.47. The summed E-state index contributed by atoms with van der Waals surface area (Å²) in [5, 5.41) is 0.899. The van der Waals surface area contributed by atoms with Gasteiger partial charge in [0.15, 0.2) is 0 Å². The lowest BCUT2D eigenvalue weighted by Gasteiger charge is -2.07. The van der Waals surface area contributed by atoms with Crippen molar-refractivity contribution in [1.82, 2.24) is 4.57 Å². The van der Waals surface area contributed by atoms with Gasteiger partial charge < -0.3 is 4.57 Å². The van der Waals surface area contributed by atoms with Crippen molar-refractivity contribution in [2.24, 2.45) is 0 Å². The van der Waals surface area contributed by atoms with Crippen molar-refractivity contribution in [3.8, 4) is 5.69 Å². The number of sulfone groups is 1. The van der Waals surface area contributed by atoms with Crippen molar-refractivity contribution < 1.29 is 8.42 Å². The Hall–Kier alpha value is -2.85. The first-order chi connectivity index (χ1) is 11.7. The van der Waals surface area contributed by atoms with Crippen molar-refractivity contribution in [2.45, 2.75) is 9.79 Å². The highest BCUT2D eigenvalue weighted by molar-refractivity contribution is 7.91. The molecule has 3 aromatic carbocycles. The minimum absolute atomic E-state index is 0.312. The van der Waals surface area contributed by atoms with E-state index in [1.807, 2.05) is 59.3 Å². The summed E-state index contributed by atoms with van der Waals surface area (Å²) in [4.78, 5) is 0.624. The van der Waals surface area contributed by atoms with Crippen molar-refractivity contribution >= 4 is 20.7 Å². The molecule has 0 amide bonds. The number of aromatic nitrogens is 1. The number of hydrogen-bond donors (Lipinski definition) is 0. The van der Waals surface area contributed by atoms with Gasteiger partial charge >= 0.3 is 0 Å². The number of fused-ring (bicyclic) bond motifs is 1. The summed E-state index contributed by atoms with van der Waals surface area (Å²) in [7, 11) is -3.50. The van der Waals surface area contributed by atoms with Crippen LogP contribution < -0.4 is 0 Å². The Labute approximate surface area is 140 Å². The smallest absolute Gasteiger partial charge is 0.206 e. The number of para-hydroxylation sites is 1. The van der Waals surface area contributed by atoms with E-state index in [4.69, 9.17) is 0 Å². The molecule has 0 aliphatic carbocycles. The summed E-state index contributed by atoms with van der Waals surface area (Å²) in [5.41, 5.74) is 2.03. The second-order valence-corrected chi connectivity index (χ2v) is 7.51. The average Bonchev–Trinajstić information content (AvgIpc) is 3.06. The Bertz CT molecular complexity index is 1100. The normalized spacial score (nSPS) is 11.7. The molecule has 1 heterocycles. The quantitative estimate of drug-likeness (QED) is 0.555. The summed E-state index contributed by atoms with van der Waals surface area (Å²) >= 11 is 0. The molecule has 0 aliphatic heterocycles. The van der Waals surface area contributed by atoms with Crippen LogP contribution in [0.15, 0.2) is 101 Å². The molecule has 0 N–H and O–H groups in total. The zero-order valence-electron chi connectivity index (χ0n) is 12.8. The van der Waals surface area contributed by atoms with Crippen LogP contribution >= 0.6 is 0 Å². The molecule has 0 unspecified atom stereocenters. The summed E-state index contributed by atoms with van der Waals surface area (Å²) in [6.45, 7) is 0. The van der Waals surface area contributed by atoms with Gasteiger partial charge in [-0.25, -0.2) is 8.42 Å². The van der Waals surface area contributed by atoms with Crippen LogP contribution in [0.4, 0.5) is 0 Å². The van der Waals surface area contributed by atoms with Crippen molar-refractivity contribution in [3.63, 3.8) is 0 Å². The van der Waals surface area contributed by atoms with Crippen LogP contribution in [0.25, 0.3) is 16.6 Å². The first kappa shape index (κ1) is 14.7. The largest absolute Gasteiger partial charge is 0.317 e. The molecule has 24 heavy (non-hydrogen) atoms. The first-order valence-corrected chi connectivity index (χ1v) is 9.11. The Morgan fingerprint density at radius 1 is 0.667 bits per heavy atom. The van der Waals surface area contributed by atoms with E-state index >= 15 is 0 Å². The molecule has 4 rings (SSSR count). The van der Waals surface area contributed by atoms with E-state index in [1.165, 1.54) is 0 Å². The lowest BCUT2D eigenvalue weighted by Crippen LogP contribution is -2.01. The second kappa shape index (κ2) is 5.65. The van der Waals surface area contributed by atoms with E-state index in [9.17, 15) is 8.42 Å². The van der Waals surface area contributed by atoms with Crippen molar-refractivity contribution in [2.75, 3.05) is 0 Å². The maximum Gasteiger partial charge on any atom is 0.206 e. The number of benzene rings is 3. The van der Waals surface area contributed by atoms with Gasteiger partial charge in [-0.15, -0.1) is 0 Å². The van der Waals surface area contributed by atoms with Crippen LogP contribution in [0.5, 0.6) is 0 Å². The van der Waals surface area contributed by atoms with E-state index in [0.29, 0.717) is 9.79 Å². The third-order valence-electron chi connectivity index (χ3n) is 4.06. The molecule has 0 aliphatic rings. The minimum atomic E-state index is -3.50. The van der Waals surface area contributed by atoms with Gasteiger partial charge in [-0.2, -0.15) is 0 Å². The predicted molar refractivity (Wildman–Crippen MR) is 95.2 cm³/mol. The van der Waals surface area contributed by atoms with Gasteiger partial charge in [-0.1, -0.05) is 36.4 Å². The van der Waals surface area contributed by atoms with Gasteiger partial charge in [0.2, 0.25) is 9.84 Å². The van der Waals surface area contributed by atoms with Crippen LogP contribution in [-0.4, -0.2) is 13.0 Å². The molecule has 0 saturated heterocycles. The molecular weight excluding hydrogens is 318 g/mol. The van der Waals surface area contributed by atoms with Crippen LogP contribution in [0.2, 0.25) is 0 Å². The highest BCUT2D eigenvalue weighted by Gasteiger charge is 2.18. The Balaban J connectivity index is 1.84. The predicted octanol–water partition coefficient (Wildman–Crippen LogP) is 4.46. The maximum atomic E-state index is 12.7. The third-order valence-corrected chi connectivity index (χ3v) is 5.83. The van der Waals surface area contributed by atoms with E-state index in [0.717, 1.165) is 16.6 Å². The zero-order chi connectivity index (χ0) is 16.6. The van der Waals surface area contributed by atoms with Crippen LogP contribution in [-0.2, 0) is 9.84 Å². The molecule has 0 fully saturated rings. The lowest BCUT2D eigenvalue weighted by molar-refractivity contribution is 0.596. The minimum Gasteiger partial charge on any atom is -0.317 e. The van der Waals surface area contributed by atoms with Gasteiger partial charge in [-0.05, 0) is 48.5 Å². The molecule has 118 valence electrons. The van der Waals surface area contributed by atoms with Gasteiger partial charge in [-0.3, -0.25) is 0 Å². The SMILES string of the molecule is O=S(=O)(c1ccccc1)c1ccc2c(ccn2-c2ccccc2)c1. The molecule has 0 spiro atoms. The molecular formula is C20H15NO2S. The Morgan fingerprint density at radius 3 is 2.04 bits per heavy atom. The average molecular weight is 333 g/mol.